The minimum Gasteiger partial charge on any atom is -0.480 e. The van der Waals surface area contributed by atoms with Gasteiger partial charge in [-0.15, -0.1) is 11.8 Å². The number of carboxylic acid groups (broad SMARTS) is 1. The highest BCUT2D eigenvalue weighted by molar-refractivity contribution is 7.99. The van der Waals surface area contributed by atoms with Gasteiger partial charge in [-0.2, -0.15) is 0 Å². The molecule has 1 fully saturated rings. The SMILES string of the molecule is Cc1ccc([C@@H]2SC[C@H](C(=O)O)N2C(=O)c2ccc(F)cc2)cc1. The van der Waals surface area contributed by atoms with Crippen LogP contribution in [0.5, 0.6) is 0 Å². The van der Waals surface area contributed by atoms with Crippen molar-refractivity contribution >= 4 is 23.6 Å². The highest BCUT2D eigenvalue weighted by Crippen LogP contribution is 2.42. The number of benzene rings is 2. The fraction of sp³-hybridized carbons (Fsp3) is 0.222. The first-order chi connectivity index (χ1) is 11.5. The molecule has 0 saturated carbocycles. The summed E-state index contributed by atoms with van der Waals surface area (Å²) in [6.45, 7) is 1.97. The lowest BCUT2D eigenvalue weighted by atomic mass is 10.1. The number of hydrogen-bond donors (Lipinski definition) is 1. The summed E-state index contributed by atoms with van der Waals surface area (Å²) >= 11 is 1.42. The van der Waals surface area contributed by atoms with Crippen molar-refractivity contribution in [3.05, 3.63) is 71.0 Å². The van der Waals surface area contributed by atoms with Gasteiger partial charge in [0, 0.05) is 11.3 Å². The maximum atomic E-state index is 13.1. The van der Waals surface area contributed by atoms with Gasteiger partial charge in [-0.25, -0.2) is 9.18 Å². The third-order valence-corrected chi connectivity index (χ3v) is 5.30. The third kappa shape index (κ3) is 3.14. The second-order valence-corrected chi connectivity index (χ2v) is 6.78. The highest BCUT2D eigenvalue weighted by Gasteiger charge is 2.42. The number of carbonyl (C=O) groups excluding carboxylic acids is 1. The van der Waals surface area contributed by atoms with E-state index in [9.17, 15) is 19.1 Å². The molecule has 0 bridgehead atoms. The van der Waals surface area contributed by atoms with Crippen molar-refractivity contribution in [1.82, 2.24) is 4.90 Å². The van der Waals surface area contributed by atoms with Crippen LogP contribution in [0.15, 0.2) is 48.5 Å². The monoisotopic (exact) mass is 345 g/mol. The summed E-state index contributed by atoms with van der Waals surface area (Å²) in [4.78, 5) is 25.8. The smallest absolute Gasteiger partial charge is 0.327 e. The molecule has 1 aliphatic heterocycles. The number of thioether (sulfide) groups is 1. The van der Waals surface area contributed by atoms with Gasteiger partial charge in [0.05, 0.1) is 0 Å². The number of carbonyl (C=O) groups is 2. The zero-order chi connectivity index (χ0) is 17.3. The van der Waals surface area contributed by atoms with Crippen molar-refractivity contribution in [3.63, 3.8) is 0 Å². The lowest BCUT2D eigenvalue weighted by molar-refractivity contribution is -0.141. The topological polar surface area (TPSA) is 57.6 Å². The number of rotatable bonds is 3. The molecule has 1 N–H and O–H groups in total. The average molecular weight is 345 g/mol. The van der Waals surface area contributed by atoms with Crippen LogP contribution < -0.4 is 0 Å². The van der Waals surface area contributed by atoms with Crippen LogP contribution in [0.3, 0.4) is 0 Å². The van der Waals surface area contributed by atoms with Crippen molar-refractivity contribution in [2.45, 2.75) is 18.3 Å². The van der Waals surface area contributed by atoms with E-state index < -0.39 is 23.7 Å². The number of aryl methyl sites for hydroxylation is 1. The molecular weight excluding hydrogens is 329 g/mol. The molecule has 0 radical (unpaired) electrons. The molecule has 4 nitrogen and oxygen atoms in total. The number of carboxylic acids is 1. The molecule has 124 valence electrons. The van der Waals surface area contributed by atoms with E-state index in [1.165, 1.54) is 40.9 Å². The molecule has 1 aliphatic rings. The van der Waals surface area contributed by atoms with Gasteiger partial charge < -0.3 is 10.0 Å². The molecule has 1 saturated heterocycles. The molecule has 24 heavy (non-hydrogen) atoms. The van der Waals surface area contributed by atoms with Gasteiger partial charge in [-0.1, -0.05) is 29.8 Å². The van der Waals surface area contributed by atoms with Gasteiger partial charge in [0.2, 0.25) is 0 Å². The third-order valence-electron chi connectivity index (χ3n) is 3.97. The summed E-state index contributed by atoms with van der Waals surface area (Å²) < 4.78 is 13.1. The summed E-state index contributed by atoms with van der Waals surface area (Å²) in [6.07, 6.45) is 0. The molecule has 6 heteroatoms. The maximum absolute atomic E-state index is 13.1. The van der Waals surface area contributed by atoms with Crippen molar-refractivity contribution in [2.75, 3.05) is 5.75 Å². The van der Waals surface area contributed by atoms with Gasteiger partial charge in [-0.05, 0) is 36.8 Å². The van der Waals surface area contributed by atoms with E-state index in [-0.39, 0.29) is 10.9 Å². The Hall–Kier alpha value is -2.34. The van der Waals surface area contributed by atoms with Crippen LogP contribution in [0.4, 0.5) is 4.39 Å². The predicted molar refractivity (Wildman–Crippen MR) is 90.4 cm³/mol. The van der Waals surface area contributed by atoms with Crippen molar-refractivity contribution in [3.8, 4) is 0 Å². The van der Waals surface area contributed by atoms with Crippen LogP contribution in [-0.2, 0) is 4.79 Å². The maximum Gasteiger partial charge on any atom is 0.327 e. The standard InChI is InChI=1S/C18H16FNO3S/c1-11-2-4-13(5-3-11)17-20(15(10-24-17)18(22)23)16(21)12-6-8-14(19)9-7-12/h2-9,15,17H,10H2,1H3,(H,22,23)/t15-,17+/m1/s1. The predicted octanol–water partition coefficient (Wildman–Crippen LogP) is 3.48. The van der Waals surface area contributed by atoms with E-state index in [0.29, 0.717) is 5.75 Å². The number of amides is 1. The number of aliphatic carboxylic acids is 1. The normalized spacial score (nSPS) is 20.2. The Bertz CT molecular complexity index is 761. The number of hydrogen-bond acceptors (Lipinski definition) is 3. The first-order valence-corrected chi connectivity index (χ1v) is 8.51. The van der Waals surface area contributed by atoms with Gasteiger partial charge >= 0.3 is 5.97 Å². The van der Waals surface area contributed by atoms with Crippen molar-refractivity contribution in [2.24, 2.45) is 0 Å². The molecular formula is C18H16FNO3S. The largest absolute Gasteiger partial charge is 0.480 e. The van der Waals surface area contributed by atoms with E-state index in [2.05, 4.69) is 0 Å². The van der Waals surface area contributed by atoms with Gasteiger partial charge in [0.1, 0.15) is 17.2 Å². The lowest BCUT2D eigenvalue weighted by Crippen LogP contribution is -2.42. The Balaban J connectivity index is 1.97. The Morgan fingerprint density at radius 2 is 1.75 bits per heavy atom. The molecule has 1 heterocycles. The molecule has 3 rings (SSSR count). The number of halogens is 1. The van der Waals surface area contributed by atoms with Gasteiger partial charge in [-0.3, -0.25) is 4.79 Å². The van der Waals surface area contributed by atoms with E-state index in [4.69, 9.17) is 0 Å². The minimum atomic E-state index is -1.03. The van der Waals surface area contributed by atoms with Crippen molar-refractivity contribution in [1.29, 1.82) is 0 Å². The lowest BCUT2D eigenvalue weighted by Gasteiger charge is -2.27. The van der Waals surface area contributed by atoms with Gasteiger partial charge in [0.15, 0.2) is 0 Å². The molecule has 2 atom stereocenters. The van der Waals surface area contributed by atoms with Crippen LogP contribution in [0.1, 0.15) is 26.9 Å². The molecule has 1 amide bonds. The minimum absolute atomic E-state index is 0.280. The van der Waals surface area contributed by atoms with E-state index in [1.807, 2.05) is 31.2 Å². The Morgan fingerprint density at radius 3 is 2.33 bits per heavy atom. The first-order valence-electron chi connectivity index (χ1n) is 7.46. The number of nitrogens with zero attached hydrogens (tertiary/aromatic N) is 1. The van der Waals surface area contributed by atoms with E-state index >= 15 is 0 Å². The zero-order valence-corrected chi connectivity index (χ0v) is 13.8. The summed E-state index contributed by atoms with van der Waals surface area (Å²) in [6, 6.07) is 11.9. The fourth-order valence-electron chi connectivity index (χ4n) is 2.67. The Morgan fingerprint density at radius 1 is 1.12 bits per heavy atom. The summed E-state index contributed by atoms with van der Waals surface area (Å²) in [5.74, 6) is -1.56. The van der Waals surface area contributed by atoms with Crippen LogP contribution in [0.25, 0.3) is 0 Å². The molecule has 0 unspecified atom stereocenters. The highest BCUT2D eigenvalue weighted by atomic mass is 32.2. The molecule has 2 aromatic carbocycles. The molecule has 0 aliphatic carbocycles. The van der Waals surface area contributed by atoms with E-state index in [1.54, 1.807) is 0 Å². The summed E-state index contributed by atoms with van der Waals surface area (Å²) in [5, 5.41) is 9.09. The van der Waals surface area contributed by atoms with Crippen LogP contribution in [0.2, 0.25) is 0 Å². The Kier molecular flexibility index (Phi) is 4.57. The molecule has 0 spiro atoms. The zero-order valence-electron chi connectivity index (χ0n) is 13.0. The van der Waals surface area contributed by atoms with Crippen molar-refractivity contribution < 1.29 is 19.1 Å². The average Bonchev–Trinajstić information content (AvgIpc) is 3.01. The quantitative estimate of drug-likeness (QED) is 0.925. The fourth-order valence-corrected chi connectivity index (χ4v) is 4.09. The van der Waals surface area contributed by atoms with Crippen LogP contribution >= 0.6 is 11.8 Å². The van der Waals surface area contributed by atoms with Crippen LogP contribution in [-0.4, -0.2) is 33.7 Å². The first kappa shape index (κ1) is 16.5. The summed E-state index contributed by atoms with van der Waals surface area (Å²) in [7, 11) is 0. The van der Waals surface area contributed by atoms with Crippen LogP contribution in [0, 0.1) is 12.7 Å². The molecule has 2 aromatic rings. The van der Waals surface area contributed by atoms with Gasteiger partial charge in [0.25, 0.3) is 5.91 Å². The summed E-state index contributed by atoms with van der Waals surface area (Å²) in [5.41, 5.74) is 2.25. The second-order valence-electron chi connectivity index (χ2n) is 5.67. The molecule has 0 aromatic heterocycles. The Labute approximate surface area is 143 Å². The second kappa shape index (κ2) is 6.65. The van der Waals surface area contributed by atoms with E-state index in [0.717, 1.165) is 11.1 Å².